The molecule has 1 saturated heterocycles. The molecule has 24 heavy (non-hydrogen) atoms. The van der Waals surface area contributed by atoms with Gasteiger partial charge in [0.15, 0.2) is 0 Å². The summed E-state index contributed by atoms with van der Waals surface area (Å²) in [6, 6.07) is 8.12. The summed E-state index contributed by atoms with van der Waals surface area (Å²) in [5.41, 5.74) is 0.583. The number of aromatic nitrogens is 1. The number of ether oxygens (including phenoxy) is 1. The second-order valence-electron chi connectivity index (χ2n) is 5.47. The van der Waals surface area contributed by atoms with Gasteiger partial charge in [0.05, 0.1) is 17.6 Å². The second-order valence-corrected chi connectivity index (χ2v) is 7.41. The number of hydrogen-bond acceptors (Lipinski definition) is 4. The van der Waals surface area contributed by atoms with E-state index < -0.39 is 10.0 Å². The van der Waals surface area contributed by atoms with Crippen molar-refractivity contribution in [1.82, 2.24) is 14.2 Å². The highest BCUT2D eigenvalue weighted by Gasteiger charge is 2.30. The summed E-state index contributed by atoms with van der Waals surface area (Å²) in [4.78, 5) is 17.0. The normalized spacial score (nSPS) is 16.1. The summed E-state index contributed by atoms with van der Waals surface area (Å²) in [7, 11) is -2.09. The number of nitrogens with one attached hydrogen (secondary N) is 1. The predicted octanol–water partition coefficient (Wildman–Crippen LogP) is 1.17. The van der Waals surface area contributed by atoms with Crippen LogP contribution >= 0.6 is 0 Å². The predicted molar refractivity (Wildman–Crippen MR) is 88.4 cm³/mol. The SMILES string of the molecule is COc1cccc(S(=O)(=O)N2CCN(C(=O)c3cc[nH]c3)CC2)c1. The number of H-pyrrole nitrogens is 1. The second kappa shape index (κ2) is 6.66. The lowest BCUT2D eigenvalue weighted by Gasteiger charge is -2.33. The highest BCUT2D eigenvalue weighted by Crippen LogP contribution is 2.22. The van der Waals surface area contributed by atoms with Crippen molar-refractivity contribution in [2.24, 2.45) is 0 Å². The Bertz CT molecular complexity index is 810. The topological polar surface area (TPSA) is 82.7 Å². The van der Waals surface area contributed by atoms with E-state index in [1.54, 1.807) is 41.6 Å². The molecule has 1 aliphatic rings. The number of amides is 1. The van der Waals surface area contributed by atoms with E-state index in [0.29, 0.717) is 24.4 Å². The largest absolute Gasteiger partial charge is 0.497 e. The molecule has 1 aromatic heterocycles. The standard InChI is InChI=1S/C16H19N3O4S/c1-23-14-3-2-4-15(11-14)24(21,22)19-9-7-18(8-10-19)16(20)13-5-6-17-12-13/h2-6,11-12,17H,7-10H2,1H3. The average Bonchev–Trinajstić information content (AvgIpc) is 3.16. The first-order valence-corrected chi connectivity index (χ1v) is 9.02. The molecule has 1 aliphatic heterocycles. The number of carbonyl (C=O) groups is 1. The lowest BCUT2D eigenvalue weighted by Crippen LogP contribution is -2.50. The Morgan fingerprint density at radius 3 is 2.54 bits per heavy atom. The zero-order valence-corrected chi connectivity index (χ0v) is 14.1. The molecule has 7 nitrogen and oxygen atoms in total. The van der Waals surface area contributed by atoms with Crippen LogP contribution in [0.4, 0.5) is 0 Å². The minimum atomic E-state index is -3.59. The fraction of sp³-hybridized carbons (Fsp3) is 0.312. The zero-order valence-electron chi connectivity index (χ0n) is 13.3. The Morgan fingerprint density at radius 2 is 1.92 bits per heavy atom. The number of sulfonamides is 1. The van der Waals surface area contributed by atoms with Gasteiger partial charge in [0, 0.05) is 44.6 Å². The van der Waals surface area contributed by atoms with Crippen LogP contribution in [-0.2, 0) is 10.0 Å². The number of nitrogens with zero attached hydrogens (tertiary/aromatic N) is 2. The molecular weight excluding hydrogens is 330 g/mol. The number of aromatic amines is 1. The van der Waals surface area contributed by atoms with Gasteiger partial charge in [0.25, 0.3) is 5.91 Å². The molecule has 3 rings (SSSR count). The molecule has 1 fully saturated rings. The smallest absolute Gasteiger partial charge is 0.255 e. The van der Waals surface area contributed by atoms with E-state index in [1.807, 2.05) is 0 Å². The van der Waals surface area contributed by atoms with Crippen molar-refractivity contribution in [2.45, 2.75) is 4.90 Å². The summed E-state index contributed by atoms with van der Waals surface area (Å²) in [6.07, 6.45) is 3.33. The fourth-order valence-corrected chi connectivity index (χ4v) is 4.14. The van der Waals surface area contributed by atoms with Crippen molar-refractivity contribution in [1.29, 1.82) is 0 Å². The molecule has 0 aliphatic carbocycles. The molecule has 0 radical (unpaired) electrons. The Labute approximate surface area is 140 Å². The quantitative estimate of drug-likeness (QED) is 0.898. The average molecular weight is 349 g/mol. The van der Waals surface area contributed by atoms with Gasteiger partial charge in [-0.25, -0.2) is 8.42 Å². The fourth-order valence-electron chi connectivity index (χ4n) is 2.68. The van der Waals surface area contributed by atoms with Crippen molar-refractivity contribution in [3.8, 4) is 5.75 Å². The monoisotopic (exact) mass is 349 g/mol. The highest BCUT2D eigenvalue weighted by atomic mass is 32.2. The molecule has 0 bridgehead atoms. The molecule has 8 heteroatoms. The van der Waals surface area contributed by atoms with Crippen LogP contribution in [0.2, 0.25) is 0 Å². The lowest BCUT2D eigenvalue weighted by atomic mass is 10.2. The maximum Gasteiger partial charge on any atom is 0.255 e. The van der Waals surface area contributed by atoms with Gasteiger partial charge in [0.1, 0.15) is 5.75 Å². The van der Waals surface area contributed by atoms with Crippen LogP contribution in [0, 0.1) is 0 Å². The number of benzene rings is 1. The van der Waals surface area contributed by atoms with Crippen molar-refractivity contribution in [3.63, 3.8) is 0 Å². The minimum absolute atomic E-state index is 0.0883. The molecule has 0 atom stereocenters. The summed E-state index contributed by atoms with van der Waals surface area (Å²) in [5.74, 6) is 0.409. The van der Waals surface area contributed by atoms with Gasteiger partial charge >= 0.3 is 0 Å². The molecule has 1 aromatic carbocycles. The van der Waals surface area contributed by atoms with Gasteiger partial charge in [-0.2, -0.15) is 4.31 Å². The van der Waals surface area contributed by atoms with Gasteiger partial charge in [0.2, 0.25) is 10.0 Å². The first-order chi connectivity index (χ1) is 11.5. The third-order valence-corrected chi connectivity index (χ3v) is 5.94. The molecule has 1 N–H and O–H groups in total. The van der Waals surface area contributed by atoms with E-state index in [4.69, 9.17) is 4.74 Å². The van der Waals surface area contributed by atoms with Gasteiger partial charge < -0.3 is 14.6 Å². The van der Waals surface area contributed by atoms with E-state index in [1.165, 1.54) is 17.5 Å². The van der Waals surface area contributed by atoms with Crippen LogP contribution in [-0.4, -0.2) is 61.8 Å². The Hall–Kier alpha value is -2.32. The minimum Gasteiger partial charge on any atom is -0.497 e. The number of rotatable bonds is 4. The molecule has 0 saturated carbocycles. The summed E-state index contributed by atoms with van der Waals surface area (Å²) in [6.45, 7) is 1.28. The zero-order chi connectivity index (χ0) is 17.2. The van der Waals surface area contributed by atoms with Crippen LogP contribution < -0.4 is 4.74 Å². The van der Waals surface area contributed by atoms with Crippen molar-refractivity contribution in [3.05, 3.63) is 48.3 Å². The lowest BCUT2D eigenvalue weighted by molar-refractivity contribution is 0.0698. The van der Waals surface area contributed by atoms with Gasteiger partial charge in [-0.3, -0.25) is 4.79 Å². The molecular formula is C16H19N3O4S. The van der Waals surface area contributed by atoms with E-state index >= 15 is 0 Å². The van der Waals surface area contributed by atoms with Crippen molar-refractivity contribution in [2.75, 3.05) is 33.3 Å². The third-order valence-electron chi connectivity index (χ3n) is 4.05. The third kappa shape index (κ3) is 3.15. The maximum atomic E-state index is 12.7. The number of carbonyl (C=O) groups excluding carboxylic acids is 1. The summed E-state index contributed by atoms with van der Waals surface area (Å²) >= 11 is 0. The maximum absolute atomic E-state index is 12.7. The Balaban J connectivity index is 1.70. The molecule has 0 unspecified atom stereocenters. The van der Waals surface area contributed by atoms with E-state index in [-0.39, 0.29) is 23.9 Å². The van der Waals surface area contributed by atoms with E-state index in [2.05, 4.69) is 4.98 Å². The van der Waals surface area contributed by atoms with Crippen molar-refractivity contribution >= 4 is 15.9 Å². The van der Waals surface area contributed by atoms with E-state index in [0.717, 1.165) is 0 Å². The van der Waals surface area contributed by atoms with Crippen LogP contribution in [0.15, 0.2) is 47.6 Å². The van der Waals surface area contributed by atoms with Crippen LogP contribution in [0.3, 0.4) is 0 Å². The Morgan fingerprint density at radius 1 is 1.17 bits per heavy atom. The van der Waals surface area contributed by atoms with Gasteiger partial charge in [-0.1, -0.05) is 6.07 Å². The molecule has 1 amide bonds. The highest BCUT2D eigenvalue weighted by molar-refractivity contribution is 7.89. The van der Waals surface area contributed by atoms with Crippen LogP contribution in [0.5, 0.6) is 5.75 Å². The van der Waals surface area contributed by atoms with Crippen LogP contribution in [0.1, 0.15) is 10.4 Å². The number of hydrogen-bond donors (Lipinski definition) is 1. The van der Waals surface area contributed by atoms with Gasteiger partial charge in [-0.15, -0.1) is 0 Å². The number of piperazine rings is 1. The molecule has 0 spiro atoms. The molecule has 2 heterocycles. The first-order valence-electron chi connectivity index (χ1n) is 7.58. The van der Waals surface area contributed by atoms with Gasteiger partial charge in [-0.05, 0) is 18.2 Å². The summed E-state index contributed by atoms with van der Waals surface area (Å²) < 4.78 is 31.9. The molecule has 2 aromatic rings. The summed E-state index contributed by atoms with van der Waals surface area (Å²) in [5, 5.41) is 0. The van der Waals surface area contributed by atoms with Crippen molar-refractivity contribution < 1.29 is 17.9 Å². The van der Waals surface area contributed by atoms with E-state index in [9.17, 15) is 13.2 Å². The first kappa shape index (κ1) is 16.5. The number of methoxy groups -OCH3 is 1. The Kier molecular flexibility index (Phi) is 4.59. The van der Waals surface area contributed by atoms with Crippen LogP contribution in [0.25, 0.3) is 0 Å². The molecule has 128 valence electrons.